The molecule has 1 unspecified atom stereocenters. The summed E-state index contributed by atoms with van der Waals surface area (Å²) in [5, 5.41) is 3.11. The Balaban J connectivity index is 1.68. The molecule has 1 fully saturated rings. The van der Waals surface area contributed by atoms with Crippen LogP contribution in [0.4, 0.5) is 0 Å². The van der Waals surface area contributed by atoms with Crippen molar-refractivity contribution in [2.45, 2.75) is 25.4 Å². The topological polar surface area (TPSA) is 41.6 Å². The summed E-state index contributed by atoms with van der Waals surface area (Å²) in [5.74, 6) is 0.184. The SMILES string of the molecule is CNCC1CN(C(=O)c2cc3c(s2)CCC3)CCO1. The number of amides is 1. The van der Waals surface area contributed by atoms with Gasteiger partial charge in [0.1, 0.15) is 0 Å². The first-order valence-electron chi connectivity index (χ1n) is 6.95. The zero-order valence-corrected chi connectivity index (χ0v) is 12.1. The van der Waals surface area contributed by atoms with Gasteiger partial charge in [-0.05, 0) is 37.9 Å². The third kappa shape index (κ3) is 2.68. The lowest BCUT2D eigenvalue weighted by Gasteiger charge is -2.32. The number of morpholine rings is 1. The standard InChI is InChI=1S/C14H20N2O2S/c1-15-8-11-9-16(5-6-18-11)14(17)13-7-10-3-2-4-12(10)19-13/h7,11,15H,2-6,8-9H2,1H3. The number of fused-ring (bicyclic) bond motifs is 1. The van der Waals surface area contributed by atoms with E-state index in [4.69, 9.17) is 4.74 Å². The van der Waals surface area contributed by atoms with Crippen molar-refractivity contribution in [3.63, 3.8) is 0 Å². The molecule has 0 radical (unpaired) electrons. The Morgan fingerprint density at radius 3 is 3.26 bits per heavy atom. The van der Waals surface area contributed by atoms with E-state index in [1.165, 1.54) is 16.9 Å². The zero-order valence-electron chi connectivity index (χ0n) is 11.3. The van der Waals surface area contributed by atoms with Gasteiger partial charge in [-0.2, -0.15) is 0 Å². The van der Waals surface area contributed by atoms with E-state index in [1.54, 1.807) is 11.3 Å². The van der Waals surface area contributed by atoms with Crippen LogP contribution in [0.2, 0.25) is 0 Å². The number of ether oxygens (including phenoxy) is 1. The van der Waals surface area contributed by atoms with E-state index < -0.39 is 0 Å². The molecular formula is C14H20N2O2S. The smallest absolute Gasteiger partial charge is 0.264 e. The number of carbonyl (C=O) groups excluding carboxylic acids is 1. The molecule has 1 atom stereocenters. The molecule has 104 valence electrons. The van der Waals surface area contributed by atoms with Gasteiger partial charge in [0.2, 0.25) is 0 Å². The Bertz CT molecular complexity index is 449. The maximum Gasteiger partial charge on any atom is 0.264 e. The number of hydrogen-bond donors (Lipinski definition) is 1. The molecule has 1 aliphatic heterocycles. The molecule has 1 N–H and O–H groups in total. The lowest BCUT2D eigenvalue weighted by Crippen LogP contribution is -2.48. The van der Waals surface area contributed by atoms with Crippen LogP contribution in [0, 0.1) is 0 Å². The van der Waals surface area contributed by atoms with E-state index in [0.717, 1.165) is 24.3 Å². The number of likely N-dealkylation sites (N-methyl/N-ethyl adjacent to an activating group) is 1. The largest absolute Gasteiger partial charge is 0.373 e. The Morgan fingerprint density at radius 2 is 2.47 bits per heavy atom. The summed E-state index contributed by atoms with van der Waals surface area (Å²) in [4.78, 5) is 16.8. The van der Waals surface area contributed by atoms with Crippen LogP contribution in [0.5, 0.6) is 0 Å². The Kier molecular flexibility index (Phi) is 3.86. The molecule has 0 saturated carbocycles. The molecule has 2 heterocycles. The highest BCUT2D eigenvalue weighted by Crippen LogP contribution is 2.31. The van der Waals surface area contributed by atoms with Crippen LogP contribution >= 0.6 is 11.3 Å². The second-order valence-corrected chi connectivity index (χ2v) is 6.35. The van der Waals surface area contributed by atoms with Crippen LogP contribution in [0.3, 0.4) is 0 Å². The Hall–Kier alpha value is -0.910. The summed E-state index contributed by atoms with van der Waals surface area (Å²) in [6, 6.07) is 2.11. The van der Waals surface area contributed by atoms with Gasteiger partial charge in [-0.15, -0.1) is 11.3 Å². The molecule has 1 aromatic heterocycles. The molecule has 1 saturated heterocycles. The van der Waals surface area contributed by atoms with Gasteiger partial charge in [0, 0.05) is 24.5 Å². The zero-order chi connectivity index (χ0) is 13.2. The summed E-state index contributed by atoms with van der Waals surface area (Å²) in [6.45, 7) is 2.84. The van der Waals surface area contributed by atoms with Crippen LogP contribution in [0.1, 0.15) is 26.5 Å². The van der Waals surface area contributed by atoms with Gasteiger partial charge >= 0.3 is 0 Å². The number of rotatable bonds is 3. The lowest BCUT2D eigenvalue weighted by atomic mass is 10.2. The summed E-state index contributed by atoms with van der Waals surface area (Å²) in [6.07, 6.45) is 3.66. The van der Waals surface area contributed by atoms with Crippen LogP contribution < -0.4 is 5.32 Å². The maximum atomic E-state index is 12.5. The van der Waals surface area contributed by atoms with Crippen molar-refractivity contribution in [2.24, 2.45) is 0 Å². The number of thiophene rings is 1. The van der Waals surface area contributed by atoms with Crippen molar-refractivity contribution in [1.82, 2.24) is 10.2 Å². The predicted molar refractivity (Wildman–Crippen MR) is 75.9 cm³/mol. The van der Waals surface area contributed by atoms with Crippen molar-refractivity contribution >= 4 is 17.2 Å². The second-order valence-electron chi connectivity index (χ2n) is 5.21. The fraction of sp³-hybridized carbons (Fsp3) is 0.643. The van der Waals surface area contributed by atoms with Gasteiger partial charge in [0.25, 0.3) is 5.91 Å². The van der Waals surface area contributed by atoms with E-state index in [9.17, 15) is 4.79 Å². The van der Waals surface area contributed by atoms with Crippen LogP contribution in [0.15, 0.2) is 6.07 Å². The molecule has 19 heavy (non-hydrogen) atoms. The monoisotopic (exact) mass is 280 g/mol. The molecule has 3 rings (SSSR count). The van der Waals surface area contributed by atoms with Crippen molar-refractivity contribution in [1.29, 1.82) is 0 Å². The van der Waals surface area contributed by atoms with Gasteiger partial charge in [-0.3, -0.25) is 4.79 Å². The average Bonchev–Trinajstić information content (AvgIpc) is 2.99. The third-order valence-corrected chi connectivity index (χ3v) is 5.04. The Labute approximate surface area is 117 Å². The van der Waals surface area contributed by atoms with Gasteiger partial charge in [0.15, 0.2) is 0 Å². The van der Waals surface area contributed by atoms with Crippen molar-refractivity contribution in [2.75, 3.05) is 33.3 Å². The van der Waals surface area contributed by atoms with Gasteiger partial charge in [-0.25, -0.2) is 0 Å². The summed E-state index contributed by atoms with van der Waals surface area (Å²) in [7, 11) is 1.91. The summed E-state index contributed by atoms with van der Waals surface area (Å²) in [5.41, 5.74) is 1.40. The van der Waals surface area contributed by atoms with E-state index >= 15 is 0 Å². The number of aryl methyl sites for hydroxylation is 2. The summed E-state index contributed by atoms with van der Waals surface area (Å²) >= 11 is 1.69. The molecule has 5 heteroatoms. The molecule has 1 aliphatic carbocycles. The van der Waals surface area contributed by atoms with Crippen LogP contribution in [-0.2, 0) is 17.6 Å². The predicted octanol–water partition coefficient (Wildman–Crippen LogP) is 1.30. The van der Waals surface area contributed by atoms with Crippen molar-refractivity contribution in [3.05, 3.63) is 21.4 Å². The molecule has 0 spiro atoms. The first kappa shape index (κ1) is 13.1. The van der Waals surface area contributed by atoms with Crippen molar-refractivity contribution < 1.29 is 9.53 Å². The van der Waals surface area contributed by atoms with Crippen molar-refractivity contribution in [3.8, 4) is 0 Å². The minimum atomic E-state index is 0.120. The fourth-order valence-electron chi connectivity index (χ4n) is 2.85. The molecule has 1 amide bonds. The average molecular weight is 280 g/mol. The third-order valence-electron chi connectivity index (χ3n) is 3.82. The second kappa shape index (κ2) is 5.61. The van der Waals surface area contributed by atoms with Crippen LogP contribution in [-0.4, -0.2) is 50.2 Å². The number of nitrogens with one attached hydrogen (secondary N) is 1. The minimum Gasteiger partial charge on any atom is -0.373 e. The highest BCUT2D eigenvalue weighted by molar-refractivity contribution is 7.14. The van der Waals surface area contributed by atoms with E-state index in [0.29, 0.717) is 19.7 Å². The number of nitrogens with zero attached hydrogens (tertiary/aromatic N) is 1. The quantitative estimate of drug-likeness (QED) is 0.907. The van der Waals surface area contributed by atoms with Gasteiger partial charge in [-0.1, -0.05) is 0 Å². The first-order valence-corrected chi connectivity index (χ1v) is 7.76. The molecule has 0 aromatic carbocycles. The molecule has 1 aromatic rings. The van der Waals surface area contributed by atoms with Crippen LogP contribution in [0.25, 0.3) is 0 Å². The fourth-order valence-corrected chi connectivity index (χ4v) is 4.07. The lowest BCUT2D eigenvalue weighted by molar-refractivity contribution is -0.0194. The highest BCUT2D eigenvalue weighted by Gasteiger charge is 2.27. The summed E-state index contributed by atoms with van der Waals surface area (Å²) < 4.78 is 5.64. The van der Waals surface area contributed by atoms with E-state index in [2.05, 4.69) is 11.4 Å². The maximum absolute atomic E-state index is 12.5. The molecular weight excluding hydrogens is 260 g/mol. The van der Waals surface area contributed by atoms with E-state index in [-0.39, 0.29) is 12.0 Å². The number of carbonyl (C=O) groups is 1. The van der Waals surface area contributed by atoms with Gasteiger partial charge in [0.05, 0.1) is 17.6 Å². The number of hydrogen-bond acceptors (Lipinski definition) is 4. The normalized spacial score (nSPS) is 22.6. The minimum absolute atomic E-state index is 0.120. The molecule has 0 bridgehead atoms. The Morgan fingerprint density at radius 1 is 1.58 bits per heavy atom. The highest BCUT2D eigenvalue weighted by atomic mass is 32.1. The first-order chi connectivity index (χ1) is 9.28. The van der Waals surface area contributed by atoms with Gasteiger partial charge < -0.3 is 15.0 Å². The molecule has 4 nitrogen and oxygen atoms in total. The molecule has 2 aliphatic rings. The van der Waals surface area contributed by atoms with E-state index in [1.807, 2.05) is 11.9 Å².